The third kappa shape index (κ3) is 10.5. The average Bonchev–Trinajstić information content (AvgIpc) is 4.03. The molecule has 16 heteroatoms. The molecule has 1 amide bonds. The molecule has 5 N–H and O–H groups in total. The molecule has 4 aliphatic rings. The lowest BCUT2D eigenvalue weighted by atomic mass is 9.86. The number of pyridine rings is 1. The van der Waals surface area contributed by atoms with Gasteiger partial charge in [0.1, 0.15) is 22.3 Å². The Bertz CT molecular complexity index is 2050. The number of hydrogen-bond acceptors (Lipinski definition) is 10. The first-order valence-corrected chi connectivity index (χ1v) is 19.2. The summed E-state index contributed by atoms with van der Waals surface area (Å²) in [5.41, 5.74) is 7.31. The number of rotatable bonds is 16. The predicted octanol–water partition coefficient (Wildman–Crippen LogP) is 7.05. The lowest BCUT2D eigenvalue weighted by Gasteiger charge is -2.44. The Labute approximate surface area is 337 Å². The summed E-state index contributed by atoms with van der Waals surface area (Å²) in [7, 11) is 0. The molecule has 0 spiro atoms. The molecule has 1 unspecified atom stereocenters. The third-order valence-corrected chi connectivity index (χ3v) is 11.0. The largest absolute Gasteiger partial charge is 0.870 e. The summed E-state index contributed by atoms with van der Waals surface area (Å²) >= 11 is 13.0. The van der Waals surface area contributed by atoms with E-state index in [9.17, 15) is 23.2 Å². The fraction of sp³-hybridized carbons (Fsp3) is 0.366. The van der Waals surface area contributed by atoms with Gasteiger partial charge in [0.05, 0.1) is 12.2 Å². The minimum atomic E-state index is -3.10. The summed E-state index contributed by atoms with van der Waals surface area (Å²) in [6, 6.07) is 16.5. The van der Waals surface area contributed by atoms with E-state index in [2.05, 4.69) is 15.2 Å². The van der Waals surface area contributed by atoms with Gasteiger partial charge in [-0.25, -0.2) is 14.6 Å². The standard InChI is InChI=1S/C41H40Cl2F2N4O7.H2O/c42-31-19-47-20-32(43)30(31)18-34(26-8-9-33(56-41(44)45)35(17-26)53-22-23-6-7-23)54-39(51)28-14-27(38(46)50)15-29(16-28)48-37(25-4-2-1-3-5-25)40(52)55-36-21-49-12-10-24(36)11-13-49;/h1-5,8-9,14-17,19-20,23-24,34,36-37,41,48H,6-7,10-13,18,21-22H2,(H2,46,50);1H2/t34-,36-,37?;/m0./s1. The van der Waals surface area contributed by atoms with Crippen LogP contribution in [0.2, 0.25) is 10.0 Å². The van der Waals surface area contributed by atoms with E-state index >= 15 is 0 Å². The van der Waals surface area contributed by atoms with Crippen LogP contribution < -0.4 is 25.5 Å². The highest BCUT2D eigenvalue weighted by Gasteiger charge is 2.38. The van der Waals surface area contributed by atoms with Crippen molar-refractivity contribution in [3.63, 3.8) is 0 Å². The van der Waals surface area contributed by atoms with Gasteiger partial charge >= 0.3 is 18.6 Å². The van der Waals surface area contributed by atoms with Gasteiger partial charge in [-0.1, -0.05) is 59.6 Å². The van der Waals surface area contributed by atoms with E-state index in [1.807, 2.05) is 6.07 Å². The molecule has 8 rings (SSSR count). The predicted molar refractivity (Wildman–Crippen MR) is 205 cm³/mol. The normalized spacial score (nSPS) is 19.5. The molecule has 3 atom stereocenters. The summed E-state index contributed by atoms with van der Waals surface area (Å²) < 4.78 is 49.5. The number of esters is 2. The number of hydrogen-bond donors (Lipinski definition) is 2. The zero-order chi connectivity index (χ0) is 39.3. The van der Waals surface area contributed by atoms with Crippen LogP contribution in [-0.4, -0.2) is 67.2 Å². The topological polar surface area (TPSA) is 174 Å². The number of amides is 1. The van der Waals surface area contributed by atoms with E-state index in [0.717, 1.165) is 38.8 Å². The molecule has 4 heterocycles. The number of aromatic amines is 1. The number of benzene rings is 3. The number of halogens is 4. The van der Waals surface area contributed by atoms with E-state index in [0.29, 0.717) is 35.8 Å². The van der Waals surface area contributed by atoms with Crippen LogP contribution in [0.5, 0.6) is 11.5 Å². The average molecular weight is 828 g/mol. The van der Waals surface area contributed by atoms with E-state index in [1.165, 1.54) is 48.8 Å². The number of primary amides is 1. The van der Waals surface area contributed by atoms with E-state index < -0.39 is 36.6 Å². The van der Waals surface area contributed by atoms with Gasteiger partial charge in [0.2, 0.25) is 5.91 Å². The molecule has 57 heavy (non-hydrogen) atoms. The van der Waals surface area contributed by atoms with Crippen molar-refractivity contribution in [1.82, 2.24) is 4.90 Å². The number of fused-ring (bicyclic) bond motifs is 3. The molecular formula is C41H42Cl2F2N4O8. The maximum Gasteiger partial charge on any atom is 0.387 e. The number of ether oxygens (including phenoxy) is 4. The molecule has 0 radical (unpaired) electrons. The summed E-state index contributed by atoms with van der Waals surface area (Å²) in [4.78, 5) is 45.8. The van der Waals surface area contributed by atoms with Crippen molar-refractivity contribution < 1.29 is 52.6 Å². The van der Waals surface area contributed by atoms with E-state index in [1.54, 1.807) is 24.3 Å². The Kier molecular flexibility index (Phi) is 13.5. The number of H-pyrrole nitrogens is 1. The highest BCUT2D eigenvalue weighted by molar-refractivity contribution is 6.35. The fourth-order valence-electron chi connectivity index (χ4n) is 7.13. The van der Waals surface area contributed by atoms with Crippen LogP contribution in [0.1, 0.15) is 75.2 Å². The summed E-state index contributed by atoms with van der Waals surface area (Å²) in [6.45, 7) is -0.167. The monoisotopic (exact) mass is 826 g/mol. The molecule has 3 aliphatic heterocycles. The van der Waals surface area contributed by atoms with Crippen LogP contribution in [0.25, 0.3) is 0 Å². The van der Waals surface area contributed by atoms with Crippen LogP contribution in [0.15, 0.2) is 79.1 Å². The zero-order valence-electron chi connectivity index (χ0n) is 30.7. The first kappa shape index (κ1) is 41.6. The highest BCUT2D eigenvalue weighted by Crippen LogP contribution is 2.38. The molecule has 4 fully saturated rings. The number of alkyl halides is 2. The second-order valence-electron chi connectivity index (χ2n) is 14.3. The van der Waals surface area contributed by atoms with Gasteiger partial charge in [0.25, 0.3) is 0 Å². The molecule has 1 saturated carbocycles. The number of nitrogens with zero attached hydrogens (tertiary/aromatic N) is 1. The van der Waals surface area contributed by atoms with Gasteiger partial charge in [0.15, 0.2) is 29.9 Å². The Hall–Kier alpha value is -5.02. The molecule has 302 valence electrons. The molecule has 1 aromatic heterocycles. The van der Waals surface area contributed by atoms with Crippen molar-refractivity contribution in [2.24, 2.45) is 17.6 Å². The van der Waals surface area contributed by atoms with E-state index in [4.69, 9.17) is 47.9 Å². The minimum absolute atomic E-state index is 0. The van der Waals surface area contributed by atoms with Gasteiger partial charge in [0, 0.05) is 29.8 Å². The molecule has 1 aliphatic carbocycles. The lowest BCUT2D eigenvalue weighted by Crippen LogP contribution is -2.52. The summed E-state index contributed by atoms with van der Waals surface area (Å²) in [5, 5.41) is 3.71. The van der Waals surface area contributed by atoms with Crippen molar-refractivity contribution in [3.05, 3.63) is 117 Å². The van der Waals surface area contributed by atoms with Crippen LogP contribution in [0.4, 0.5) is 14.5 Å². The molecule has 3 saturated heterocycles. The van der Waals surface area contributed by atoms with E-state index in [-0.39, 0.29) is 62.3 Å². The second-order valence-corrected chi connectivity index (χ2v) is 15.1. The van der Waals surface area contributed by atoms with Crippen molar-refractivity contribution in [2.45, 2.75) is 57.0 Å². The SMILES string of the molecule is NC(=O)c1cc(NC(C(=O)O[C@H]2CN3CCC2CC3)c2ccccc2)cc(C(=O)O[C@@H](Cc2c(Cl)c[nH+]cc2Cl)c2ccc(OC(F)F)c(OCC3CC3)c2)c1.[OH-]. The number of nitrogens with two attached hydrogens (primary N) is 1. The van der Waals surface area contributed by atoms with Crippen LogP contribution >= 0.6 is 23.2 Å². The lowest BCUT2D eigenvalue weighted by molar-refractivity contribution is -0.377. The minimum Gasteiger partial charge on any atom is -0.870 e. The van der Waals surface area contributed by atoms with Crippen LogP contribution in [-0.2, 0) is 20.7 Å². The molecule has 2 bridgehead atoms. The van der Waals surface area contributed by atoms with Crippen molar-refractivity contribution in [3.8, 4) is 11.5 Å². The maximum absolute atomic E-state index is 14.1. The Balaban J connectivity index is 0.00000549. The van der Waals surface area contributed by atoms with Crippen molar-refractivity contribution in [1.29, 1.82) is 0 Å². The molecular weight excluding hydrogens is 785 g/mol. The number of nitrogens with one attached hydrogen (secondary N) is 2. The van der Waals surface area contributed by atoms with Gasteiger partial charge in [-0.3, -0.25) is 9.69 Å². The molecule has 4 aromatic rings. The Morgan fingerprint density at radius 1 is 0.895 bits per heavy atom. The number of piperidine rings is 3. The first-order valence-electron chi connectivity index (χ1n) is 18.5. The highest BCUT2D eigenvalue weighted by atomic mass is 35.5. The van der Waals surface area contributed by atoms with Crippen LogP contribution in [0.3, 0.4) is 0 Å². The number of carbonyl (C=O) groups is 3. The second kappa shape index (κ2) is 18.5. The quantitative estimate of drug-likeness (QED) is 0.112. The third-order valence-electron chi connectivity index (χ3n) is 10.4. The van der Waals surface area contributed by atoms with Gasteiger partial charge in [-0.2, -0.15) is 8.78 Å². The van der Waals surface area contributed by atoms with Gasteiger partial charge in [-0.15, -0.1) is 0 Å². The smallest absolute Gasteiger partial charge is 0.387 e. The summed E-state index contributed by atoms with van der Waals surface area (Å²) in [6.07, 6.45) is 5.49. The number of carbonyl (C=O) groups excluding carboxylic acids is 3. The Morgan fingerprint density at radius 3 is 2.23 bits per heavy atom. The zero-order valence-corrected chi connectivity index (χ0v) is 32.2. The Morgan fingerprint density at radius 2 is 1.60 bits per heavy atom. The van der Waals surface area contributed by atoms with Crippen LogP contribution in [0, 0.1) is 11.8 Å². The number of anilines is 1. The maximum atomic E-state index is 14.1. The van der Waals surface area contributed by atoms with Crippen molar-refractivity contribution in [2.75, 3.05) is 31.6 Å². The molecule has 12 nitrogen and oxygen atoms in total. The number of aromatic nitrogens is 1. The van der Waals surface area contributed by atoms with Crippen molar-refractivity contribution >= 4 is 46.7 Å². The molecule has 3 aromatic carbocycles. The van der Waals surface area contributed by atoms with Gasteiger partial charge < -0.3 is 35.5 Å². The first-order chi connectivity index (χ1) is 27.0. The summed E-state index contributed by atoms with van der Waals surface area (Å²) in [5.74, 6) is -1.74. The fourth-order valence-corrected chi connectivity index (χ4v) is 7.66. The van der Waals surface area contributed by atoms with Gasteiger partial charge in [-0.05, 0) is 92.1 Å².